The highest BCUT2D eigenvalue weighted by atomic mass is 16.2. The van der Waals surface area contributed by atoms with Crippen LogP contribution >= 0.6 is 0 Å². The Morgan fingerprint density at radius 2 is 1.92 bits per heavy atom. The van der Waals surface area contributed by atoms with Gasteiger partial charge in [0.15, 0.2) is 0 Å². The Labute approximate surface area is 153 Å². The number of nitrogens with zero attached hydrogens (tertiary/aromatic N) is 4. The molecule has 0 N–H and O–H groups in total. The van der Waals surface area contributed by atoms with Crippen molar-refractivity contribution in [2.45, 2.75) is 46.7 Å². The van der Waals surface area contributed by atoms with E-state index in [4.69, 9.17) is 5.10 Å². The summed E-state index contributed by atoms with van der Waals surface area (Å²) in [5.74, 6) is 1.24. The fourth-order valence-electron chi connectivity index (χ4n) is 3.70. The van der Waals surface area contributed by atoms with Crippen molar-refractivity contribution in [2.24, 2.45) is 0 Å². The molecule has 26 heavy (non-hydrogen) atoms. The number of aryl methyl sites for hydroxylation is 2. The van der Waals surface area contributed by atoms with Gasteiger partial charge in [-0.2, -0.15) is 5.10 Å². The Morgan fingerprint density at radius 3 is 2.62 bits per heavy atom. The number of hydrogen-bond acceptors (Lipinski definition) is 2. The number of fused-ring (bicyclic) bond motifs is 1. The van der Waals surface area contributed by atoms with Crippen molar-refractivity contribution in [1.29, 1.82) is 0 Å². The Morgan fingerprint density at radius 1 is 1.15 bits per heavy atom. The summed E-state index contributed by atoms with van der Waals surface area (Å²) in [5, 5.41) is 4.90. The molecule has 3 aromatic rings. The lowest BCUT2D eigenvalue weighted by molar-refractivity contribution is -0.131. The predicted octanol–water partition coefficient (Wildman–Crippen LogP) is 3.92. The van der Waals surface area contributed by atoms with E-state index in [2.05, 4.69) is 36.6 Å². The third-order valence-corrected chi connectivity index (χ3v) is 4.98. The van der Waals surface area contributed by atoms with Gasteiger partial charge in [-0.1, -0.05) is 24.6 Å². The third-order valence-electron chi connectivity index (χ3n) is 4.98. The first-order valence-corrected chi connectivity index (χ1v) is 9.18. The zero-order valence-electron chi connectivity index (χ0n) is 15.6. The number of carbonyl (C=O) groups excluding carboxylic acids is 1. The smallest absolute Gasteiger partial charge is 0.223 e. The summed E-state index contributed by atoms with van der Waals surface area (Å²) in [4.78, 5) is 14.3. The molecule has 5 nitrogen and oxygen atoms in total. The topological polar surface area (TPSA) is 43.1 Å². The molecule has 2 aromatic heterocycles. The second-order valence-electron chi connectivity index (χ2n) is 7.04. The van der Waals surface area contributed by atoms with Crippen molar-refractivity contribution in [3.8, 4) is 11.5 Å². The van der Waals surface area contributed by atoms with Crippen LogP contribution in [0.25, 0.3) is 11.5 Å². The number of aromatic nitrogens is 3. The van der Waals surface area contributed by atoms with Gasteiger partial charge in [0.25, 0.3) is 0 Å². The quantitative estimate of drug-likeness (QED) is 0.717. The Balaban J connectivity index is 1.81. The van der Waals surface area contributed by atoms with Crippen LogP contribution in [0.5, 0.6) is 0 Å². The SMILES string of the molecule is CCCC(=O)N1Cc2nn(-c3ccc(C)cc3C)c(-n3cccc3)c2C1. The van der Waals surface area contributed by atoms with Crippen LogP contribution < -0.4 is 0 Å². The van der Waals surface area contributed by atoms with E-state index >= 15 is 0 Å². The molecule has 1 aliphatic rings. The van der Waals surface area contributed by atoms with E-state index in [0.29, 0.717) is 19.5 Å². The van der Waals surface area contributed by atoms with Crippen LogP contribution in [-0.2, 0) is 17.9 Å². The maximum absolute atomic E-state index is 12.3. The fourth-order valence-corrected chi connectivity index (χ4v) is 3.70. The maximum Gasteiger partial charge on any atom is 0.223 e. The van der Waals surface area contributed by atoms with Crippen LogP contribution in [0.2, 0.25) is 0 Å². The highest BCUT2D eigenvalue weighted by Gasteiger charge is 2.31. The van der Waals surface area contributed by atoms with Crippen molar-refractivity contribution < 1.29 is 4.79 Å². The minimum Gasteiger partial charge on any atom is -0.332 e. The van der Waals surface area contributed by atoms with Gasteiger partial charge in [-0.05, 0) is 44.0 Å². The lowest BCUT2D eigenvalue weighted by Crippen LogP contribution is -2.26. The molecule has 0 atom stereocenters. The number of rotatable bonds is 4. The minimum atomic E-state index is 0.210. The highest BCUT2D eigenvalue weighted by molar-refractivity contribution is 5.77. The first kappa shape index (κ1) is 16.6. The van der Waals surface area contributed by atoms with Gasteiger partial charge in [-0.3, -0.25) is 4.79 Å². The Bertz CT molecular complexity index is 953. The molecule has 5 heteroatoms. The average molecular weight is 348 g/mol. The average Bonchev–Trinajstić information content (AvgIpc) is 3.30. The van der Waals surface area contributed by atoms with Gasteiger partial charge in [0.1, 0.15) is 5.82 Å². The molecule has 0 bridgehead atoms. The summed E-state index contributed by atoms with van der Waals surface area (Å²) in [7, 11) is 0. The summed E-state index contributed by atoms with van der Waals surface area (Å²) in [5.41, 5.74) is 5.66. The zero-order valence-corrected chi connectivity index (χ0v) is 15.6. The van der Waals surface area contributed by atoms with Crippen LogP contribution in [0, 0.1) is 13.8 Å². The fraction of sp³-hybridized carbons (Fsp3) is 0.333. The van der Waals surface area contributed by atoms with Crippen LogP contribution in [0.15, 0.2) is 42.7 Å². The van der Waals surface area contributed by atoms with Crippen LogP contribution in [0.1, 0.15) is 42.1 Å². The molecule has 134 valence electrons. The van der Waals surface area contributed by atoms with Crippen LogP contribution in [0.3, 0.4) is 0 Å². The van der Waals surface area contributed by atoms with Crippen molar-refractivity contribution in [1.82, 2.24) is 19.2 Å². The van der Waals surface area contributed by atoms with Crippen molar-refractivity contribution in [2.75, 3.05) is 0 Å². The summed E-state index contributed by atoms with van der Waals surface area (Å²) in [6.45, 7) is 7.49. The van der Waals surface area contributed by atoms with Crippen LogP contribution in [0.4, 0.5) is 0 Å². The number of benzene rings is 1. The van der Waals surface area contributed by atoms with Gasteiger partial charge in [-0.15, -0.1) is 0 Å². The van der Waals surface area contributed by atoms with Crippen molar-refractivity contribution >= 4 is 5.91 Å². The monoisotopic (exact) mass is 348 g/mol. The number of hydrogen-bond donors (Lipinski definition) is 0. The molecule has 1 aliphatic heterocycles. The molecule has 0 radical (unpaired) electrons. The summed E-state index contributed by atoms with van der Waals surface area (Å²) in [6.07, 6.45) is 5.54. The van der Waals surface area contributed by atoms with Gasteiger partial charge in [0.05, 0.1) is 24.5 Å². The zero-order chi connectivity index (χ0) is 18.3. The molecular formula is C21H24N4O. The minimum absolute atomic E-state index is 0.210. The van der Waals surface area contributed by atoms with Gasteiger partial charge in [-0.25, -0.2) is 4.68 Å². The second kappa shape index (κ2) is 6.48. The normalized spacial score (nSPS) is 13.3. The first-order chi connectivity index (χ1) is 12.6. The lowest BCUT2D eigenvalue weighted by Gasteiger charge is -2.18. The molecular weight excluding hydrogens is 324 g/mol. The molecule has 0 aliphatic carbocycles. The molecule has 4 rings (SSSR count). The van der Waals surface area contributed by atoms with Gasteiger partial charge in [0.2, 0.25) is 5.91 Å². The first-order valence-electron chi connectivity index (χ1n) is 9.18. The molecule has 0 spiro atoms. The molecule has 0 unspecified atom stereocenters. The van der Waals surface area contributed by atoms with E-state index in [9.17, 15) is 4.79 Å². The Hall–Kier alpha value is -2.82. The van der Waals surface area contributed by atoms with E-state index in [1.165, 1.54) is 11.1 Å². The molecule has 0 saturated carbocycles. The lowest BCUT2D eigenvalue weighted by atomic mass is 10.1. The molecule has 3 heterocycles. The van der Waals surface area contributed by atoms with E-state index in [1.807, 2.05) is 41.0 Å². The summed E-state index contributed by atoms with van der Waals surface area (Å²) in [6, 6.07) is 10.4. The van der Waals surface area contributed by atoms with Gasteiger partial charge < -0.3 is 9.47 Å². The molecule has 0 saturated heterocycles. The van der Waals surface area contributed by atoms with Gasteiger partial charge in [0, 0.05) is 24.4 Å². The predicted molar refractivity (Wildman–Crippen MR) is 102 cm³/mol. The highest BCUT2D eigenvalue weighted by Crippen LogP contribution is 2.31. The summed E-state index contributed by atoms with van der Waals surface area (Å²) >= 11 is 0. The van der Waals surface area contributed by atoms with E-state index in [1.54, 1.807) is 0 Å². The second-order valence-corrected chi connectivity index (χ2v) is 7.04. The number of carbonyl (C=O) groups is 1. The molecule has 1 aromatic carbocycles. The largest absolute Gasteiger partial charge is 0.332 e. The van der Waals surface area contributed by atoms with Crippen LogP contribution in [-0.4, -0.2) is 25.2 Å². The Kier molecular flexibility index (Phi) is 4.15. The maximum atomic E-state index is 12.3. The summed E-state index contributed by atoms with van der Waals surface area (Å²) < 4.78 is 4.13. The molecule has 0 fully saturated rings. The van der Waals surface area contributed by atoms with E-state index in [-0.39, 0.29) is 5.91 Å². The number of amides is 1. The van der Waals surface area contributed by atoms with E-state index < -0.39 is 0 Å². The van der Waals surface area contributed by atoms with E-state index in [0.717, 1.165) is 29.2 Å². The van der Waals surface area contributed by atoms with Gasteiger partial charge >= 0.3 is 0 Å². The third kappa shape index (κ3) is 2.73. The standard InChI is InChI=1S/C21H24N4O/c1-4-7-20(26)24-13-17-18(14-24)22-25(21(17)23-10-5-6-11-23)19-9-8-15(2)12-16(19)3/h5-6,8-12H,4,7,13-14H2,1-3H3. The van der Waals surface area contributed by atoms with Crippen molar-refractivity contribution in [3.05, 3.63) is 65.1 Å². The van der Waals surface area contributed by atoms with Crippen molar-refractivity contribution in [3.63, 3.8) is 0 Å². The molecule has 1 amide bonds.